The summed E-state index contributed by atoms with van der Waals surface area (Å²) in [6.45, 7) is 0. The maximum atomic E-state index is 8.50. The van der Waals surface area contributed by atoms with E-state index < -0.39 is 18.5 Å². The van der Waals surface area contributed by atoms with Gasteiger partial charge in [-0.25, -0.2) is 0 Å². The molecule has 0 aromatic carbocycles. The first-order valence-corrected chi connectivity index (χ1v) is 1.97. The summed E-state index contributed by atoms with van der Waals surface area (Å²) in [6, 6.07) is 0. The average molecular weight is 211 g/mol. The number of hydrogen-bond acceptors (Lipinski definition) is 5. The number of hydrogen-bond donors (Lipinski definition) is 1. The van der Waals surface area contributed by atoms with Gasteiger partial charge in [-0.3, -0.25) is 0 Å². The molecule has 0 rings (SSSR count). The molecule has 0 aliphatic carbocycles. The smallest absolute Gasteiger partial charge is 0.813 e. The van der Waals surface area contributed by atoms with E-state index in [2.05, 4.69) is 0 Å². The van der Waals surface area contributed by atoms with Crippen molar-refractivity contribution in [3.05, 3.63) is 0 Å². The van der Waals surface area contributed by atoms with Crippen molar-refractivity contribution in [2.24, 2.45) is 0 Å². The molecule has 0 bridgehead atoms. The van der Waals surface area contributed by atoms with E-state index in [1.54, 1.807) is 0 Å². The van der Waals surface area contributed by atoms with Crippen LogP contribution in [0.25, 0.3) is 0 Å². The molecule has 6 heteroatoms. The first kappa shape index (κ1) is 28.3. The molecule has 0 spiro atoms. The van der Waals surface area contributed by atoms with Crippen LogP contribution in [0.15, 0.2) is 0 Å². The van der Waals surface area contributed by atoms with Crippen LogP contribution in [-0.4, -0.2) is 0 Å². The zero-order valence-electron chi connectivity index (χ0n) is 2.83. The Morgan fingerprint density at radius 1 is 1.00 bits per heavy atom. The van der Waals surface area contributed by atoms with Gasteiger partial charge in [0.2, 0.25) is 0 Å². The largest absolute Gasteiger partial charge is 0.813 e. The van der Waals surface area contributed by atoms with Crippen molar-refractivity contribution in [1.29, 1.82) is 0 Å². The quantitative estimate of drug-likeness (QED) is 0.328. The molecule has 0 aromatic rings. The third-order valence-electron chi connectivity index (χ3n) is 0. The molecule has 0 aliphatic rings. The van der Waals surface area contributed by atoms with Gasteiger partial charge in [-0.1, -0.05) is 0 Å². The Balaban J connectivity index is -0.00000000667. The van der Waals surface area contributed by atoms with E-state index in [1.165, 1.54) is 0 Å². The Morgan fingerprint density at radius 2 is 1.00 bits per heavy atom. The molecule has 0 fully saturated rings. The van der Waals surface area contributed by atoms with Gasteiger partial charge in [-0.05, 0) is 0 Å². The Kier molecular flexibility index (Phi) is 181. The SMILES string of the molecule is N.[O]=[Mo+2]=[O].[SH-].[SH-]. The van der Waals surface area contributed by atoms with E-state index in [-0.39, 0.29) is 33.1 Å². The minimum Gasteiger partial charge on any atom is -0.813 e. The van der Waals surface area contributed by atoms with Crippen LogP contribution in [0.1, 0.15) is 0 Å². The van der Waals surface area contributed by atoms with Crippen molar-refractivity contribution < 1.29 is 25.3 Å². The minimum atomic E-state index is -2.03. The maximum Gasteiger partial charge on any atom is -0.813 e. The monoisotopic (exact) mass is 213 g/mol. The summed E-state index contributed by atoms with van der Waals surface area (Å²) in [7, 11) is 0. The normalized spacial score (nSPS) is 1.33. The van der Waals surface area contributed by atoms with Gasteiger partial charge in [0.25, 0.3) is 0 Å². The second-order valence-electron chi connectivity index (χ2n) is 0.0680. The topological polar surface area (TPSA) is 69.1 Å². The molecule has 0 atom stereocenters. The third-order valence-corrected chi connectivity index (χ3v) is 0. The average Bonchev–Trinajstić information content (AvgIpc) is 0.918. The Bertz CT molecular complexity index is 32.5. The van der Waals surface area contributed by atoms with E-state index in [0.29, 0.717) is 0 Å². The van der Waals surface area contributed by atoms with E-state index in [4.69, 9.17) is 6.80 Å². The van der Waals surface area contributed by atoms with Crippen LogP contribution in [0, 0.1) is 0 Å². The zero-order chi connectivity index (χ0) is 2.71. The van der Waals surface area contributed by atoms with Crippen molar-refractivity contribution in [2.45, 2.75) is 0 Å². The second-order valence-corrected chi connectivity index (χ2v) is 0.403. The standard InChI is InChI=1S/Mo.H3N.2O.2H2S/h;1H3;;;2*1H2/q+2;;;;;/p-2. The summed E-state index contributed by atoms with van der Waals surface area (Å²) in [5.74, 6) is 0. The summed E-state index contributed by atoms with van der Waals surface area (Å²) in [6.07, 6.45) is 0. The molecule has 0 aliphatic heterocycles. The first-order valence-electron chi connectivity index (χ1n) is 0.333. The minimum absolute atomic E-state index is 0. The molecule has 3 nitrogen and oxygen atoms in total. The zero-order valence-corrected chi connectivity index (χ0v) is 6.62. The van der Waals surface area contributed by atoms with Gasteiger partial charge in [0.15, 0.2) is 0 Å². The molecule has 3 N–H and O–H groups in total. The van der Waals surface area contributed by atoms with Gasteiger partial charge in [-0.15, -0.1) is 0 Å². The van der Waals surface area contributed by atoms with Crippen LogP contribution >= 0.6 is 0 Å². The van der Waals surface area contributed by atoms with Crippen LogP contribution in [0.5, 0.6) is 0 Å². The van der Waals surface area contributed by atoms with E-state index in [9.17, 15) is 0 Å². The Hall–Kier alpha value is 0.948. The molecule has 0 unspecified atom stereocenters. The van der Waals surface area contributed by atoms with Crippen molar-refractivity contribution in [1.82, 2.24) is 6.15 Å². The van der Waals surface area contributed by atoms with Gasteiger partial charge in [0, 0.05) is 0 Å². The molecular formula is H5MoNO2S2. The maximum absolute atomic E-state index is 8.50. The van der Waals surface area contributed by atoms with Gasteiger partial charge in [0.1, 0.15) is 0 Å². The van der Waals surface area contributed by atoms with Crippen LogP contribution in [0.3, 0.4) is 0 Å². The fourth-order valence-corrected chi connectivity index (χ4v) is 0. The number of rotatable bonds is 0. The van der Waals surface area contributed by atoms with Crippen LogP contribution in [0.2, 0.25) is 0 Å². The summed E-state index contributed by atoms with van der Waals surface area (Å²) in [4.78, 5) is 0. The van der Waals surface area contributed by atoms with Gasteiger partial charge in [0.05, 0.1) is 0 Å². The van der Waals surface area contributed by atoms with Gasteiger partial charge in [-0.2, -0.15) is 0 Å². The molecule has 6 heavy (non-hydrogen) atoms. The summed E-state index contributed by atoms with van der Waals surface area (Å²) in [5, 5.41) is 0. The molecule has 0 saturated heterocycles. The molecular weight excluding hydrogens is 206 g/mol. The van der Waals surface area contributed by atoms with Crippen molar-refractivity contribution in [3.8, 4) is 0 Å². The molecule has 0 radical (unpaired) electrons. The van der Waals surface area contributed by atoms with Crippen LogP contribution in [0.4, 0.5) is 0 Å². The van der Waals surface area contributed by atoms with Crippen molar-refractivity contribution in [2.75, 3.05) is 0 Å². The van der Waals surface area contributed by atoms with E-state index >= 15 is 0 Å². The molecule has 40 valence electrons. The summed E-state index contributed by atoms with van der Waals surface area (Å²) in [5.41, 5.74) is 0. The van der Waals surface area contributed by atoms with Crippen molar-refractivity contribution >= 4 is 27.0 Å². The second kappa shape index (κ2) is 38.4. The number of thiol groups is 2. The molecule has 0 aromatic heterocycles. The summed E-state index contributed by atoms with van der Waals surface area (Å²) < 4.78 is 17.0. The van der Waals surface area contributed by atoms with Crippen molar-refractivity contribution in [3.63, 3.8) is 0 Å². The van der Waals surface area contributed by atoms with Crippen LogP contribution in [-0.2, 0) is 52.3 Å². The van der Waals surface area contributed by atoms with Gasteiger partial charge >= 0.3 is 25.3 Å². The fraction of sp³-hybridized carbons (Fsp3) is 0. The van der Waals surface area contributed by atoms with E-state index in [0.717, 1.165) is 0 Å². The predicted molar refractivity (Wildman–Crippen MR) is 23.9 cm³/mol. The van der Waals surface area contributed by atoms with Gasteiger partial charge < -0.3 is 33.1 Å². The van der Waals surface area contributed by atoms with Crippen LogP contribution < -0.4 is 6.15 Å². The molecule has 0 amide bonds. The predicted octanol–water partition coefficient (Wildman–Crippen LogP) is -0.618. The third kappa shape index (κ3) is 85.8. The first-order chi connectivity index (χ1) is 1.41. The Morgan fingerprint density at radius 3 is 1.00 bits per heavy atom. The summed E-state index contributed by atoms with van der Waals surface area (Å²) >= 11 is -2.03. The molecule has 0 saturated carbocycles. The molecule has 0 heterocycles. The fourth-order valence-electron chi connectivity index (χ4n) is 0. The van der Waals surface area contributed by atoms with E-state index in [1.807, 2.05) is 0 Å². The Labute approximate surface area is 58.5 Å².